The molecular formula is C11H18N6O. The van der Waals surface area contributed by atoms with Crippen LogP contribution in [-0.4, -0.2) is 31.4 Å². The summed E-state index contributed by atoms with van der Waals surface area (Å²) in [4.78, 5) is 8.20. The fourth-order valence-corrected chi connectivity index (χ4v) is 1.63. The van der Waals surface area contributed by atoms with Crippen molar-refractivity contribution in [3.8, 4) is 0 Å². The van der Waals surface area contributed by atoms with Crippen molar-refractivity contribution >= 4 is 0 Å². The molecule has 1 N–H and O–H groups in total. The third-order valence-corrected chi connectivity index (χ3v) is 2.45. The molecular weight excluding hydrogens is 232 g/mol. The van der Waals surface area contributed by atoms with Crippen LogP contribution in [0.2, 0.25) is 0 Å². The Bertz CT molecular complexity index is 450. The second-order valence-electron chi connectivity index (χ2n) is 4.53. The standard InChI is InChI=1S/C11H18N6O/c1-9(2)6-17-11(13-7-15-17)5-12-4-3-10-14-8-18-16-10/h7-9,12H,3-6H2,1-2H3. The van der Waals surface area contributed by atoms with E-state index in [2.05, 4.69) is 43.9 Å². The zero-order valence-electron chi connectivity index (χ0n) is 10.7. The van der Waals surface area contributed by atoms with Gasteiger partial charge < -0.3 is 9.84 Å². The van der Waals surface area contributed by atoms with Crippen LogP contribution in [0, 0.1) is 5.92 Å². The SMILES string of the molecule is CC(C)Cn1ncnc1CNCCc1ncon1. The van der Waals surface area contributed by atoms with E-state index in [1.54, 1.807) is 6.33 Å². The average molecular weight is 250 g/mol. The molecule has 0 atom stereocenters. The lowest BCUT2D eigenvalue weighted by Gasteiger charge is -2.08. The Morgan fingerprint density at radius 3 is 3.00 bits per heavy atom. The first-order chi connectivity index (χ1) is 8.75. The third kappa shape index (κ3) is 3.63. The minimum Gasteiger partial charge on any atom is -0.343 e. The minimum absolute atomic E-state index is 0.560. The normalized spacial score (nSPS) is 11.3. The van der Waals surface area contributed by atoms with Gasteiger partial charge in [-0.1, -0.05) is 19.0 Å². The Morgan fingerprint density at radius 2 is 2.28 bits per heavy atom. The van der Waals surface area contributed by atoms with Gasteiger partial charge in [-0.3, -0.25) is 0 Å². The Hall–Kier alpha value is -1.76. The predicted molar refractivity (Wildman–Crippen MR) is 64.6 cm³/mol. The van der Waals surface area contributed by atoms with Crippen LogP contribution >= 0.6 is 0 Å². The van der Waals surface area contributed by atoms with Crippen molar-refractivity contribution in [3.05, 3.63) is 24.4 Å². The number of aromatic nitrogens is 5. The second-order valence-corrected chi connectivity index (χ2v) is 4.53. The van der Waals surface area contributed by atoms with Crippen LogP contribution in [-0.2, 0) is 19.5 Å². The van der Waals surface area contributed by atoms with E-state index in [-0.39, 0.29) is 0 Å². The van der Waals surface area contributed by atoms with Crippen LogP contribution in [0.25, 0.3) is 0 Å². The van der Waals surface area contributed by atoms with Crippen LogP contribution in [0.4, 0.5) is 0 Å². The van der Waals surface area contributed by atoms with Crippen molar-refractivity contribution in [2.75, 3.05) is 6.54 Å². The van der Waals surface area contributed by atoms with E-state index < -0.39 is 0 Å². The monoisotopic (exact) mass is 250 g/mol. The summed E-state index contributed by atoms with van der Waals surface area (Å²) < 4.78 is 6.60. The van der Waals surface area contributed by atoms with Gasteiger partial charge in [-0.15, -0.1) is 0 Å². The molecule has 0 spiro atoms. The first-order valence-electron chi connectivity index (χ1n) is 6.08. The van der Waals surface area contributed by atoms with Crippen LogP contribution in [0.1, 0.15) is 25.5 Å². The molecule has 2 rings (SSSR count). The van der Waals surface area contributed by atoms with Gasteiger partial charge in [0.25, 0.3) is 0 Å². The summed E-state index contributed by atoms with van der Waals surface area (Å²) in [5, 5.41) is 11.3. The molecule has 0 radical (unpaired) electrons. The second kappa shape index (κ2) is 6.25. The van der Waals surface area contributed by atoms with Crippen molar-refractivity contribution in [1.29, 1.82) is 0 Å². The van der Waals surface area contributed by atoms with Crippen molar-refractivity contribution in [3.63, 3.8) is 0 Å². The summed E-state index contributed by atoms with van der Waals surface area (Å²) in [7, 11) is 0. The molecule has 0 aliphatic carbocycles. The number of hydrogen-bond acceptors (Lipinski definition) is 6. The van der Waals surface area contributed by atoms with E-state index in [1.165, 1.54) is 6.39 Å². The number of nitrogens with one attached hydrogen (secondary N) is 1. The maximum atomic E-state index is 4.66. The van der Waals surface area contributed by atoms with Gasteiger partial charge in [0.1, 0.15) is 12.2 Å². The highest BCUT2D eigenvalue weighted by molar-refractivity contribution is 4.85. The maximum absolute atomic E-state index is 4.66. The maximum Gasteiger partial charge on any atom is 0.213 e. The van der Waals surface area contributed by atoms with Crippen molar-refractivity contribution in [1.82, 2.24) is 30.2 Å². The van der Waals surface area contributed by atoms with Gasteiger partial charge in [-0.25, -0.2) is 9.67 Å². The van der Waals surface area contributed by atoms with Gasteiger partial charge in [-0.2, -0.15) is 10.1 Å². The van der Waals surface area contributed by atoms with Gasteiger partial charge in [-0.05, 0) is 5.92 Å². The molecule has 0 aliphatic heterocycles. The lowest BCUT2D eigenvalue weighted by molar-refractivity contribution is 0.408. The highest BCUT2D eigenvalue weighted by Crippen LogP contribution is 2.00. The Labute approximate surface area is 106 Å². The van der Waals surface area contributed by atoms with Crippen LogP contribution in [0.3, 0.4) is 0 Å². The van der Waals surface area contributed by atoms with E-state index in [1.807, 2.05) is 4.68 Å². The molecule has 0 unspecified atom stereocenters. The molecule has 0 aliphatic rings. The quantitative estimate of drug-likeness (QED) is 0.727. The fourth-order valence-electron chi connectivity index (χ4n) is 1.63. The summed E-state index contributed by atoms with van der Waals surface area (Å²) in [6, 6.07) is 0. The molecule has 18 heavy (non-hydrogen) atoms. The lowest BCUT2D eigenvalue weighted by Crippen LogP contribution is -2.21. The molecule has 0 saturated carbocycles. The number of nitrogens with zero attached hydrogens (tertiary/aromatic N) is 5. The molecule has 2 aromatic rings. The third-order valence-electron chi connectivity index (χ3n) is 2.45. The molecule has 7 nitrogen and oxygen atoms in total. The molecule has 0 bridgehead atoms. The summed E-state index contributed by atoms with van der Waals surface area (Å²) in [6.07, 6.45) is 3.68. The molecule has 2 aromatic heterocycles. The Kier molecular flexibility index (Phi) is 4.40. The van der Waals surface area contributed by atoms with Crippen LogP contribution < -0.4 is 5.32 Å². The molecule has 0 fully saturated rings. The smallest absolute Gasteiger partial charge is 0.213 e. The molecule has 0 aromatic carbocycles. The van der Waals surface area contributed by atoms with E-state index in [0.29, 0.717) is 18.3 Å². The van der Waals surface area contributed by atoms with E-state index in [4.69, 9.17) is 0 Å². The predicted octanol–water partition coefficient (Wildman–Crippen LogP) is 0.649. The summed E-state index contributed by atoms with van der Waals surface area (Å²) in [6.45, 7) is 6.70. The van der Waals surface area contributed by atoms with Gasteiger partial charge >= 0.3 is 0 Å². The van der Waals surface area contributed by atoms with Crippen molar-refractivity contribution in [2.45, 2.75) is 33.4 Å². The zero-order chi connectivity index (χ0) is 12.8. The molecule has 98 valence electrons. The molecule has 7 heteroatoms. The summed E-state index contributed by atoms with van der Waals surface area (Å²) >= 11 is 0. The molecule has 0 amide bonds. The van der Waals surface area contributed by atoms with Gasteiger partial charge in [0, 0.05) is 19.5 Å². The average Bonchev–Trinajstić information content (AvgIpc) is 2.95. The van der Waals surface area contributed by atoms with E-state index in [9.17, 15) is 0 Å². The van der Waals surface area contributed by atoms with Crippen molar-refractivity contribution in [2.24, 2.45) is 5.92 Å². The van der Waals surface area contributed by atoms with E-state index in [0.717, 1.165) is 25.3 Å². The summed E-state index contributed by atoms with van der Waals surface area (Å²) in [5.41, 5.74) is 0. The number of rotatable bonds is 7. The van der Waals surface area contributed by atoms with Gasteiger partial charge in [0.2, 0.25) is 6.39 Å². The largest absolute Gasteiger partial charge is 0.343 e. The number of hydrogen-bond donors (Lipinski definition) is 1. The zero-order valence-corrected chi connectivity index (χ0v) is 10.7. The van der Waals surface area contributed by atoms with Crippen LogP contribution in [0.5, 0.6) is 0 Å². The fraction of sp³-hybridized carbons (Fsp3) is 0.636. The first-order valence-corrected chi connectivity index (χ1v) is 6.08. The first kappa shape index (κ1) is 12.7. The van der Waals surface area contributed by atoms with Gasteiger partial charge in [0.05, 0.1) is 6.54 Å². The minimum atomic E-state index is 0.560. The topological polar surface area (TPSA) is 81.7 Å². The highest BCUT2D eigenvalue weighted by atomic mass is 16.5. The molecule has 2 heterocycles. The summed E-state index contributed by atoms with van der Waals surface area (Å²) in [5.74, 6) is 2.23. The van der Waals surface area contributed by atoms with Gasteiger partial charge in [0.15, 0.2) is 5.82 Å². The van der Waals surface area contributed by atoms with Crippen LogP contribution in [0.15, 0.2) is 17.2 Å². The van der Waals surface area contributed by atoms with E-state index >= 15 is 0 Å². The Balaban J connectivity index is 1.74. The molecule has 0 saturated heterocycles. The highest BCUT2D eigenvalue weighted by Gasteiger charge is 2.05. The lowest BCUT2D eigenvalue weighted by atomic mass is 10.2. The van der Waals surface area contributed by atoms with Crippen molar-refractivity contribution < 1.29 is 4.52 Å². The Morgan fingerprint density at radius 1 is 1.39 bits per heavy atom.